The Kier molecular flexibility index (Phi) is 3.16. The van der Waals surface area contributed by atoms with Gasteiger partial charge in [0.15, 0.2) is 0 Å². The van der Waals surface area contributed by atoms with Crippen LogP contribution in [0.25, 0.3) is 0 Å². The van der Waals surface area contributed by atoms with E-state index >= 15 is 0 Å². The molecule has 19 heavy (non-hydrogen) atoms. The molecule has 2 fully saturated rings. The fraction of sp³-hybridized carbons (Fsp3) is 0.533. The van der Waals surface area contributed by atoms with E-state index in [1.54, 1.807) is 19.1 Å². The average Bonchev–Trinajstić information content (AvgIpc) is 2.76. The quantitative estimate of drug-likeness (QED) is 0.886. The van der Waals surface area contributed by atoms with E-state index in [0.717, 1.165) is 18.8 Å². The number of anilines is 1. The zero-order valence-corrected chi connectivity index (χ0v) is 11.1. The van der Waals surface area contributed by atoms with Crippen molar-refractivity contribution in [2.75, 3.05) is 18.0 Å². The van der Waals surface area contributed by atoms with E-state index in [1.165, 1.54) is 12.8 Å². The molecule has 0 radical (unpaired) electrons. The summed E-state index contributed by atoms with van der Waals surface area (Å²) < 4.78 is 14.1. The molecule has 1 N–H and O–H groups in total. The highest BCUT2D eigenvalue weighted by Crippen LogP contribution is 2.28. The van der Waals surface area contributed by atoms with Crippen LogP contribution in [0.1, 0.15) is 31.2 Å². The summed E-state index contributed by atoms with van der Waals surface area (Å²) in [6.45, 7) is 3.62. The minimum atomic E-state index is -0.395. The van der Waals surface area contributed by atoms with Gasteiger partial charge >= 0.3 is 0 Å². The monoisotopic (exact) mass is 259 g/mol. The Bertz CT molecular complexity index is 511. The summed E-state index contributed by atoms with van der Waals surface area (Å²) in [6, 6.07) is 8.44. The lowest BCUT2D eigenvalue weighted by Crippen LogP contribution is -2.51. The van der Waals surface area contributed by atoms with Gasteiger partial charge in [0, 0.05) is 36.4 Å². The van der Waals surface area contributed by atoms with E-state index in [9.17, 15) is 4.39 Å². The summed E-state index contributed by atoms with van der Waals surface area (Å²) in [6.07, 6.45) is 2.43. The molecular weight excluding hydrogens is 241 g/mol. The molecule has 100 valence electrons. The van der Waals surface area contributed by atoms with Crippen molar-refractivity contribution in [1.82, 2.24) is 5.32 Å². The number of piperazine rings is 1. The maximum atomic E-state index is 14.1. The first kappa shape index (κ1) is 12.4. The summed E-state index contributed by atoms with van der Waals surface area (Å²) in [7, 11) is 0. The van der Waals surface area contributed by atoms with Crippen LogP contribution in [0.15, 0.2) is 18.2 Å². The van der Waals surface area contributed by atoms with E-state index in [1.807, 2.05) is 6.07 Å². The molecule has 2 aliphatic rings. The fourth-order valence-corrected chi connectivity index (χ4v) is 3.14. The maximum Gasteiger partial charge on any atom is 0.129 e. The van der Waals surface area contributed by atoms with E-state index in [-0.39, 0.29) is 5.82 Å². The molecular formula is C15H18FN3. The van der Waals surface area contributed by atoms with Gasteiger partial charge in [-0.25, -0.2) is 4.39 Å². The van der Waals surface area contributed by atoms with E-state index in [0.29, 0.717) is 17.6 Å². The molecule has 3 rings (SSSR count). The minimum absolute atomic E-state index is 0.266. The number of nitrogens with zero attached hydrogens (tertiary/aromatic N) is 2. The molecule has 4 heteroatoms. The van der Waals surface area contributed by atoms with Crippen LogP contribution in [0.5, 0.6) is 0 Å². The lowest BCUT2D eigenvalue weighted by atomic mass is 10.0. The second-order valence-electron chi connectivity index (χ2n) is 5.60. The van der Waals surface area contributed by atoms with E-state index in [4.69, 9.17) is 5.26 Å². The average molecular weight is 259 g/mol. The van der Waals surface area contributed by atoms with Crippen molar-refractivity contribution in [3.05, 3.63) is 29.6 Å². The summed E-state index contributed by atoms with van der Waals surface area (Å²) in [5.41, 5.74) is 1.43. The third-order valence-corrected chi connectivity index (χ3v) is 4.23. The molecule has 0 aliphatic carbocycles. The number of nitriles is 1. The van der Waals surface area contributed by atoms with Gasteiger partial charge in [0.05, 0.1) is 12.0 Å². The third-order valence-electron chi connectivity index (χ3n) is 4.23. The van der Waals surface area contributed by atoms with Crippen LogP contribution in [0.3, 0.4) is 0 Å². The molecule has 2 bridgehead atoms. The number of fused-ring (bicyclic) bond motifs is 2. The molecule has 0 spiro atoms. The topological polar surface area (TPSA) is 39.1 Å². The van der Waals surface area contributed by atoms with Gasteiger partial charge in [0.25, 0.3) is 0 Å². The first-order valence-electron chi connectivity index (χ1n) is 6.87. The zero-order chi connectivity index (χ0) is 13.4. The molecule has 3 atom stereocenters. The summed E-state index contributed by atoms with van der Waals surface area (Å²) in [5, 5.41) is 12.4. The highest BCUT2D eigenvalue weighted by molar-refractivity contribution is 5.50. The van der Waals surface area contributed by atoms with Gasteiger partial charge in [-0.2, -0.15) is 5.26 Å². The van der Waals surface area contributed by atoms with Crippen molar-refractivity contribution >= 4 is 5.69 Å². The van der Waals surface area contributed by atoms with Crippen LogP contribution < -0.4 is 10.2 Å². The van der Waals surface area contributed by atoms with Crippen molar-refractivity contribution < 1.29 is 4.39 Å². The Morgan fingerprint density at radius 1 is 1.37 bits per heavy atom. The zero-order valence-electron chi connectivity index (χ0n) is 11.1. The smallest absolute Gasteiger partial charge is 0.129 e. The molecule has 2 heterocycles. The molecule has 1 aromatic rings. The maximum absolute atomic E-state index is 14.1. The second-order valence-corrected chi connectivity index (χ2v) is 5.60. The van der Waals surface area contributed by atoms with Crippen molar-refractivity contribution in [2.24, 2.45) is 0 Å². The van der Waals surface area contributed by atoms with Gasteiger partial charge in [-0.3, -0.25) is 0 Å². The van der Waals surface area contributed by atoms with Gasteiger partial charge < -0.3 is 10.2 Å². The van der Waals surface area contributed by atoms with Gasteiger partial charge in [-0.1, -0.05) is 6.07 Å². The van der Waals surface area contributed by atoms with Crippen LogP contribution in [0, 0.1) is 17.1 Å². The van der Waals surface area contributed by atoms with Crippen molar-refractivity contribution in [3.8, 4) is 6.07 Å². The highest BCUT2D eigenvalue weighted by atomic mass is 19.1. The van der Waals surface area contributed by atoms with Crippen LogP contribution in [0.4, 0.5) is 10.1 Å². The Hall–Kier alpha value is -1.60. The van der Waals surface area contributed by atoms with Gasteiger partial charge in [0.2, 0.25) is 0 Å². The summed E-state index contributed by atoms with van der Waals surface area (Å²) in [5.74, 6) is -0.661. The summed E-state index contributed by atoms with van der Waals surface area (Å²) in [4.78, 5) is 2.25. The number of halogens is 1. The van der Waals surface area contributed by atoms with Crippen LogP contribution in [-0.2, 0) is 0 Å². The number of hydrogen-bond donors (Lipinski definition) is 1. The fourth-order valence-electron chi connectivity index (χ4n) is 3.14. The van der Waals surface area contributed by atoms with Crippen molar-refractivity contribution in [3.63, 3.8) is 0 Å². The molecule has 0 amide bonds. The van der Waals surface area contributed by atoms with E-state index in [2.05, 4.69) is 16.3 Å². The Morgan fingerprint density at radius 3 is 2.63 bits per heavy atom. The highest BCUT2D eigenvalue weighted by Gasteiger charge is 2.32. The molecule has 3 unspecified atom stereocenters. The van der Waals surface area contributed by atoms with E-state index < -0.39 is 5.92 Å². The van der Waals surface area contributed by atoms with Gasteiger partial charge in [0.1, 0.15) is 5.82 Å². The first-order valence-corrected chi connectivity index (χ1v) is 6.87. The Labute approximate surface area is 113 Å². The normalized spacial score (nSPS) is 27.1. The molecule has 0 aromatic heterocycles. The number of rotatable bonds is 2. The number of benzene rings is 1. The van der Waals surface area contributed by atoms with Gasteiger partial charge in [-0.15, -0.1) is 0 Å². The third kappa shape index (κ3) is 2.31. The predicted octanol–water partition coefficient (Wildman–Crippen LogP) is 2.39. The number of hydrogen-bond acceptors (Lipinski definition) is 3. The van der Waals surface area contributed by atoms with Gasteiger partial charge in [-0.05, 0) is 31.9 Å². The first-order chi connectivity index (χ1) is 9.17. The Balaban J connectivity index is 1.82. The van der Waals surface area contributed by atoms with Crippen LogP contribution >= 0.6 is 0 Å². The lowest BCUT2D eigenvalue weighted by molar-refractivity contribution is 0.465. The molecule has 2 saturated heterocycles. The molecule has 0 saturated carbocycles. The Morgan fingerprint density at radius 2 is 2.05 bits per heavy atom. The van der Waals surface area contributed by atoms with Crippen molar-refractivity contribution in [1.29, 1.82) is 5.26 Å². The predicted molar refractivity (Wildman–Crippen MR) is 72.6 cm³/mol. The van der Waals surface area contributed by atoms with Crippen molar-refractivity contribution in [2.45, 2.75) is 37.8 Å². The van der Waals surface area contributed by atoms with Crippen LogP contribution in [-0.4, -0.2) is 25.2 Å². The molecule has 3 nitrogen and oxygen atoms in total. The summed E-state index contributed by atoms with van der Waals surface area (Å²) >= 11 is 0. The largest absolute Gasteiger partial charge is 0.368 e. The lowest BCUT2D eigenvalue weighted by Gasteiger charge is -2.34. The minimum Gasteiger partial charge on any atom is -0.368 e. The standard InChI is InChI=1S/C15H18FN3/c1-10(7-17)14-5-4-13(6-15(14)16)19-8-11-2-3-12(9-19)18-11/h4-6,10-12,18H,2-3,8-9H2,1H3. The van der Waals surface area contributed by atoms with Crippen LogP contribution in [0.2, 0.25) is 0 Å². The second kappa shape index (κ2) is 4.82. The SMILES string of the molecule is CC(C#N)c1ccc(N2CC3CCC(C2)N3)cc1F. The molecule has 2 aliphatic heterocycles. The number of nitrogens with one attached hydrogen (secondary N) is 1. The molecule has 1 aromatic carbocycles.